The Morgan fingerprint density at radius 3 is 2.93 bits per heavy atom. The van der Waals surface area contributed by atoms with Crippen molar-refractivity contribution >= 4 is 28.0 Å². The minimum atomic E-state index is -3.49. The van der Waals surface area contributed by atoms with Crippen molar-refractivity contribution in [2.24, 2.45) is 0 Å². The number of amides is 1. The third kappa shape index (κ3) is 1.80. The van der Waals surface area contributed by atoms with Gasteiger partial charge in [0.05, 0.1) is 17.7 Å². The fraction of sp³-hybridized carbons (Fsp3) is 0.500. The van der Waals surface area contributed by atoms with Crippen LogP contribution in [0.1, 0.15) is 0 Å². The lowest BCUT2D eigenvalue weighted by Crippen LogP contribution is -2.15. The maximum Gasteiger partial charge on any atom is 0.409 e. The quantitative estimate of drug-likeness (QED) is 0.413. The van der Waals surface area contributed by atoms with E-state index in [1.54, 1.807) is 0 Å². The van der Waals surface area contributed by atoms with Gasteiger partial charge in [0.1, 0.15) is 6.26 Å². The van der Waals surface area contributed by atoms with E-state index in [4.69, 9.17) is 4.74 Å². The van der Waals surface area contributed by atoms with Crippen LogP contribution in [0.15, 0.2) is 11.2 Å². The Morgan fingerprint density at radius 1 is 1.71 bits per heavy atom. The second-order valence-electron chi connectivity index (χ2n) is 2.88. The molecule has 0 aliphatic carbocycles. The smallest absolute Gasteiger partial charge is 0.409 e. The summed E-state index contributed by atoms with van der Waals surface area (Å²) in [7, 11) is -3.49. The standard InChI is InChI=1S/C6H7NO5S2/c1-14(9,10)11-2-4-6(13-4)3-7-5(8)12-6/h2H,3H2,1H3,(H,7,8)/b4-2+. The number of hydrogen-bond acceptors (Lipinski definition) is 6. The molecule has 0 saturated carbocycles. The molecule has 0 aromatic heterocycles. The van der Waals surface area contributed by atoms with E-state index in [2.05, 4.69) is 9.50 Å². The van der Waals surface area contributed by atoms with Crippen LogP contribution in [0.5, 0.6) is 0 Å². The first-order valence-electron chi connectivity index (χ1n) is 3.66. The summed E-state index contributed by atoms with van der Waals surface area (Å²) in [6.07, 6.45) is 1.54. The van der Waals surface area contributed by atoms with E-state index in [1.165, 1.54) is 11.8 Å². The number of nitrogens with one attached hydrogen (secondary N) is 1. The van der Waals surface area contributed by atoms with Gasteiger partial charge < -0.3 is 14.2 Å². The lowest BCUT2D eigenvalue weighted by Gasteiger charge is -1.97. The molecule has 2 heterocycles. The molecule has 1 N–H and O–H groups in total. The minimum absolute atomic E-state index is 0.343. The molecule has 78 valence electrons. The van der Waals surface area contributed by atoms with Crippen molar-refractivity contribution in [2.45, 2.75) is 4.93 Å². The third-order valence-corrected chi connectivity index (χ3v) is 3.33. The Bertz CT molecular complexity index is 414. The number of carbonyl (C=O) groups is 1. The van der Waals surface area contributed by atoms with Crippen LogP contribution in [0.4, 0.5) is 4.79 Å². The third-order valence-electron chi connectivity index (χ3n) is 1.66. The van der Waals surface area contributed by atoms with E-state index in [1.807, 2.05) is 0 Å². The molecule has 0 bridgehead atoms. The van der Waals surface area contributed by atoms with E-state index in [0.29, 0.717) is 11.4 Å². The number of alkyl carbamates (subject to hydrolysis) is 1. The summed E-state index contributed by atoms with van der Waals surface area (Å²) < 4.78 is 30.6. The highest BCUT2D eigenvalue weighted by Gasteiger charge is 2.59. The Morgan fingerprint density at radius 2 is 2.43 bits per heavy atom. The molecule has 1 amide bonds. The predicted molar refractivity (Wildman–Crippen MR) is 48.8 cm³/mol. The normalized spacial score (nSPS) is 32.9. The highest BCUT2D eigenvalue weighted by molar-refractivity contribution is 8.12. The van der Waals surface area contributed by atoms with Crippen LogP contribution in [0.25, 0.3) is 0 Å². The zero-order valence-corrected chi connectivity index (χ0v) is 8.78. The van der Waals surface area contributed by atoms with E-state index in [0.717, 1.165) is 12.5 Å². The Hall–Kier alpha value is -0.890. The summed E-state index contributed by atoms with van der Waals surface area (Å²) >= 11 is 1.26. The maximum absolute atomic E-state index is 10.7. The van der Waals surface area contributed by atoms with Crippen molar-refractivity contribution in [1.29, 1.82) is 0 Å². The fourth-order valence-electron chi connectivity index (χ4n) is 1.00. The minimum Gasteiger partial charge on any atom is -0.424 e. The lowest BCUT2D eigenvalue weighted by molar-refractivity contribution is 0.152. The van der Waals surface area contributed by atoms with E-state index < -0.39 is 21.1 Å². The molecule has 2 saturated heterocycles. The average molecular weight is 237 g/mol. The SMILES string of the molecule is CS(=O)(=O)O/C=C1/SC12CNC(=O)O2. The molecule has 14 heavy (non-hydrogen) atoms. The first-order valence-corrected chi connectivity index (χ1v) is 6.29. The number of thioether (sulfide) groups is 1. The van der Waals surface area contributed by atoms with E-state index >= 15 is 0 Å². The van der Waals surface area contributed by atoms with E-state index in [9.17, 15) is 13.2 Å². The Kier molecular flexibility index (Phi) is 1.93. The van der Waals surface area contributed by atoms with Gasteiger partial charge in [-0.15, -0.1) is 0 Å². The maximum atomic E-state index is 10.7. The zero-order valence-electron chi connectivity index (χ0n) is 7.14. The number of ether oxygens (including phenoxy) is 1. The van der Waals surface area contributed by atoms with Crippen molar-refractivity contribution in [1.82, 2.24) is 5.32 Å². The molecule has 2 aliphatic rings. The first-order chi connectivity index (χ1) is 6.41. The van der Waals surface area contributed by atoms with Crippen LogP contribution in [-0.2, 0) is 19.0 Å². The molecule has 0 aromatic rings. The topological polar surface area (TPSA) is 81.7 Å². The van der Waals surface area contributed by atoms with Gasteiger partial charge in [0, 0.05) is 0 Å². The van der Waals surface area contributed by atoms with Crippen LogP contribution in [0.2, 0.25) is 0 Å². The van der Waals surface area contributed by atoms with Crippen molar-refractivity contribution in [2.75, 3.05) is 12.8 Å². The molecule has 6 nitrogen and oxygen atoms in total. The molecule has 8 heteroatoms. The molecule has 1 atom stereocenters. The number of rotatable bonds is 2. The van der Waals surface area contributed by atoms with Gasteiger partial charge in [0.15, 0.2) is 0 Å². The zero-order chi connectivity index (χ0) is 10.4. The van der Waals surface area contributed by atoms with E-state index in [-0.39, 0.29) is 0 Å². The fourth-order valence-corrected chi connectivity index (χ4v) is 2.16. The number of carbonyl (C=O) groups excluding carboxylic acids is 1. The highest BCUT2D eigenvalue weighted by Crippen LogP contribution is 2.60. The molecule has 1 unspecified atom stereocenters. The lowest BCUT2D eigenvalue weighted by atomic mass is 10.4. The molecule has 0 radical (unpaired) electrons. The Labute approximate surface area is 84.8 Å². The molecule has 2 fully saturated rings. The molecular weight excluding hydrogens is 230 g/mol. The molecule has 2 aliphatic heterocycles. The summed E-state index contributed by atoms with van der Waals surface area (Å²) in [4.78, 5) is 10.6. The summed E-state index contributed by atoms with van der Waals surface area (Å²) in [6, 6.07) is 0. The van der Waals surface area contributed by atoms with Gasteiger partial charge in [-0.25, -0.2) is 4.79 Å². The molecule has 1 spiro atoms. The van der Waals surface area contributed by atoms with Crippen molar-refractivity contribution in [3.63, 3.8) is 0 Å². The number of hydrogen-bond donors (Lipinski definition) is 1. The molecule has 0 aromatic carbocycles. The van der Waals surface area contributed by atoms with Gasteiger partial charge in [-0.05, 0) is 0 Å². The van der Waals surface area contributed by atoms with Crippen LogP contribution in [-0.4, -0.2) is 32.2 Å². The summed E-state index contributed by atoms with van der Waals surface area (Å²) in [5, 5.41) is 2.47. The van der Waals surface area contributed by atoms with Gasteiger partial charge >= 0.3 is 16.2 Å². The van der Waals surface area contributed by atoms with Gasteiger partial charge in [0.2, 0.25) is 4.93 Å². The predicted octanol–water partition coefficient (Wildman–Crippen LogP) is -0.0131. The summed E-state index contributed by atoms with van der Waals surface area (Å²) in [6.45, 7) is 0.343. The van der Waals surface area contributed by atoms with Gasteiger partial charge in [-0.2, -0.15) is 8.42 Å². The van der Waals surface area contributed by atoms with Crippen LogP contribution < -0.4 is 5.32 Å². The summed E-state index contributed by atoms with van der Waals surface area (Å²) in [5.41, 5.74) is 0. The van der Waals surface area contributed by atoms with Crippen LogP contribution in [0.3, 0.4) is 0 Å². The second-order valence-corrected chi connectivity index (χ2v) is 5.78. The molecular formula is C6H7NO5S2. The monoisotopic (exact) mass is 237 g/mol. The summed E-state index contributed by atoms with van der Waals surface area (Å²) in [5.74, 6) is 0. The van der Waals surface area contributed by atoms with Crippen molar-refractivity contribution in [3.05, 3.63) is 11.2 Å². The van der Waals surface area contributed by atoms with Crippen molar-refractivity contribution in [3.8, 4) is 0 Å². The second kappa shape index (κ2) is 2.80. The van der Waals surface area contributed by atoms with Gasteiger partial charge in [0.25, 0.3) is 0 Å². The van der Waals surface area contributed by atoms with Crippen molar-refractivity contribution < 1.29 is 22.1 Å². The largest absolute Gasteiger partial charge is 0.424 e. The average Bonchev–Trinajstić information content (AvgIpc) is 2.57. The van der Waals surface area contributed by atoms with Crippen LogP contribution >= 0.6 is 11.8 Å². The van der Waals surface area contributed by atoms with Crippen LogP contribution in [0, 0.1) is 0 Å². The Balaban J connectivity index is 2.02. The van der Waals surface area contributed by atoms with Gasteiger partial charge in [-0.3, -0.25) is 0 Å². The highest BCUT2D eigenvalue weighted by atomic mass is 32.2. The van der Waals surface area contributed by atoms with Gasteiger partial charge in [-0.1, -0.05) is 11.8 Å². The molecule has 2 rings (SSSR count). The first kappa shape index (κ1) is 9.66.